The molecule has 0 atom stereocenters. The first-order valence-corrected chi connectivity index (χ1v) is 7.54. The van der Waals surface area contributed by atoms with Gasteiger partial charge in [-0.2, -0.15) is 0 Å². The minimum absolute atomic E-state index is 0.212. The van der Waals surface area contributed by atoms with Crippen molar-refractivity contribution in [1.29, 1.82) is 0 Å². The summed E-state index contributed by atoms with van der Waals surface area (Å²) in [5.74, 6) is 0.773. The van der Waals surface area contributed by atoms with Gasteiger partial charge in [-0.15, -0.1) is 11.6 Å². The van der Waals surface area contributed by atoms with E-state index in [2.05, 4.69) is 5.16 Å². The predicted molar refractivity (Wildman–Crippen MR) is 85.2 cm³/mol. The van der Waals surface area contributed by atoms with Crippen LogP contribution in [0.4, 0.5) is 0 Å². The van der Waals surface area contributed by atoms with Crippen molar-refractivity contribution in [3.05, 3.63) is 47.0 Å². The fourth-order valence-electron chi connectivity index (χ4n) is 2.32. The summed E-state index contributed by atoms with van der Waals surface area (Å²) in [6.07, 6.45) is 1.53. The predicted octanol–water partition coefficient (Wildman–Crippen LogP) is 5.03. The summed E-state index contributed by atoms with van der Waals surface area (Å²) in [5, 5.41) is 15.8. The standard InChI is InChI=1S/C16H13Cl2NO2/c17-9-1-2-11-5-8-13-14(16(11)20)15(19-21-13)10-3-6-12(18)7-4-10/h3-8,20H,1-2,9H2. The number of fused-ring (bicyclic) bond motifs is 1. The molecule has 3 nitrogen and oxygen atoms in total. The van der Waals surface area contributed by atoms with Gasteiger partial charge in [-0.3, -0.25) is 0 Å². The Hall–Kier alpha value is -1.71. The minimum Gasteiger partial charge on any atom is -0.507 e. The normalized spacial score (nSPS) is 11.1. The van der Waals surface area contributed by atoms with Gasteiger partial charge < -0.3 is 9.63 Å². The molecule has 1 N–H and O–H groups in total. The number of halogens is 2. The number of alkyl halides is 1. The van der Waals surface area contributed by atoms with E-state index in [0.29, 0.717) is 27.6 Å². The van der Waals surface area contributed by atoms with Crippen LogP contribution in [0.1, 0.15) is 12.0 Å². The van der Waals surface area contributed by atoms with Crippen LogP contribution in [0.25, 0.3) is 22.2 Å². The molecule has 0 amide bonds. The van der Waals surface area contributed by atoms with Gasteiger partial charge in [0.05, 0.1) is 5.39 Å². The summed E-state index contributed by atoms with van der Waals surface area (Å²) >= 11 is 11.6. The maximum atomic E-state index is 10.5. The molecule has 0 bridgehead atoms. The molecule has 0 unspecified atom stereocenters. The molecule has 108 valence electrons. The van der Waals surface area contributed by atoms with Crippen molar-refractivity contribution >= 4 is 34.2 Å². The summed E-state index contributed by atoms with van der Waals surface area (Å²) in [7, 11) is 0. The summed E-state index contributed by atoms with van der Waals surface area (Å²) in [6.45, 7) is 0. The summed E-state index contributed by atoms with van der Waals surface area (Å²) in [4.78, 5) is 0. The number of rotatable bonds is 4. The number of phenolic OH excluding ortho intramolecular Hbond substituents is 1. The van der Waals surface area contributed by atoms with Crippen LogP contribution in [0.3, 0.4) is 0 Å². The number of benzene rings is 2. The largest absolute Gasteiger partial charge is 0.507 e. The van der Waals surface area contributed by atoms with Gasteiger partial charge in [0.15, 0.2) is 5.58 Å². The molecule has 0 aliphatic rings. The zero-order chi connectivity index (χ0) is 14.8. The molecule has 0 saturated heterocycles. The second kappa shape index (κ2) is 5.96. The molecule has 3 rings (SSSR count). The highest BCUT2D eigenvalue weighted by Gasteiger charge is 2.17. The quantitative estimate of drug-likeness (QED) is 0.686. The van der Waals surface area contributed by atoms with Crippen molar-refractivity contribution in [2.24, 2.45) is 0 Å². The van der Waals surface area contributed by atoms with Gasteiger partial charge in [0.2, 0.25) is 0 Å². The monoisotopic (exact) mass is 321 g/mol. The van der Waals surface area contributed by atoms with Crippen LogP contribution in [0, 0.1) is 0 Å². The molecule has 0 radical (unpaired) electrons. The molecule has 3 aromatic rings. The van der Waals surface area contributed by atoms with Crippen molar-refractivity contribution in [3.63, 3.8) is 0 Å². The summed E-state index contributed by atoms with van der Waals surface area (Å²) < 4.78 is 5.30. The lowest BCUT2D eigenvalue weighted by Crippen LogP contribution is -1.88. The lowest BCUT2D eigenvalue weighted by Gasteiger charge is -2.05. The molecule has 0 aliphatic carbocycles. The Bertz CT molecular complexity index is 766. The van der Waals surface area contributed by atoms with Gasteiger partial charge in [-0.05, 0) is 36.6 Å². The smallest absolute Gasteiger partial charge is 0.171 e. The van der Waals surface area contributed by atoms with E-state index in [1.165, 1.54) is 0 Å². The number of aryl methyl sites for hydroxylation is 1. The lowest BCUT2D eigenvalue weighted by molar-refractivity contribution is 0.457. The third kappa shape index (κ3) is 2.71. The first-order valence-electron chi connectivity index (χ1n) is 6.63. The fraction of sp³-hybridized carbons (Fsp3) is 0.188. The Morgan fingerprint density at radius 1 is 1.10 bits per heavy atom. The first kappa shape index (κ1) is 14.2. The van der Waals surface area contributed by atoms with Crippen molar-refractivity contribution in [1.82, 2.24) is 5.16 Å². The zero-order valence-electron chi connectivity index (χ0n) is 11.1. The summed E-state index contributed by atoms with van der Waals surface area (Å²) in [5.41, 5.74) is 2.88. The number of hydrogen-bond donors (Lipinski definition) is 1. The van der Waals surface area contributed by atoms with E-state index in [-0.39, 0.29) is 5.75 Å². The number of phenols is 1. The van der Waals surface area contributed by atoms with Crippen molar-refractivity contribution < 1.29 is 9.63 Å². The van der Waals surface area contributed by atoms with Gasteiger partial charge in [0.1, 0.15) is 11.4 Å². The number of hydrogen-bond acceptors (Lipinski definition) is 3. The number of aromatic nitrogens is 1. The van der Waals surface area contributed by atoms with E-state index in [4.69, 9.17) is 27.7 Å². The Morgan fingerprint density at radius 3 is 2.57 bits per heavy atom. The van der Waals surface area contributed by atoms with Gasteiger partial charge in [-0.25, -0.2) is 0 Å². The second-order valence-electron chi connectivity index (χ2n) is 4.78. The second-order valence-corrected chi connectivity index (χ2v) is 5.59. The zero-order valence-corrected chi connectivity index (χ0v) is 12.7. The lowest BCUT2D eigenvalue weighted by atomic mass is 10.0. The molecular formula is C16H13Cl2NO2. The molecular weight excluding hydrogens is 309 g/mol. The van der Waals surface area contributed by atoms with Crippen LogP contribution in [0.5, 0.6) is 5.75 Å². The Labute approximate surface area is 132 Å². The fourth-order valence-corrected chi connectivity index (χ4v) is 2.58. The van der Waals surface area contributed by atoms with Crippen LogP contribution in [-0.2, 0) is 6.42 Å². The topological polar surface area (TPSA) is 46.3 Å². The first-order chi connectivity index (χ1) is 10.2. The molecule has 2 aromatic carbocycles. The van der Waals surface area contributed by atoms with Gasteiger partial charge in [-0.1, -0.05) is 35.0 Å². The van der Waals surface area contributed by atoms with Crippen LogP contribution in [0.2, 0.25) is 5.02 Å². The molecule has 1 aromatic heterocycles. The highest BCUT2D eigenvalue weighted by molar-refractivity contribution is 6.30. The van der Waals surface area contributed by atoms with Gasteiger partial charge >= 0.3 is 0 Å². The molecule has 5 heteroatoms. The third-order valence-electron chi connectivity index (χ3n) is 3.39. The van der Waals surface area contributed by atoms with Crippen LogP contribution >= 0.6 is 23.2 Å². The SMILES string of the molecule is Oc1c(CCCCl)ccc2onc(-c3ccc(Cl)cc3)c12. The van der Waals surface area contributed by atoms with E-state index in [1.54, 1.807) is 12.1 Å². The molecule has 21 heavy (non-hydrogen) atoms. The van der Waals surface area contributed by atoms with Crippen LogP contribution < -0.4 is 0 Å². The molecule has 1 heterocycles. The van der Waals surface area contributed by atoms with Crippen molar-refractivity contribution in [3.8, 4) is 17.0 Å². The Kier molecular flexibility index (Phi) is 4.04. The van der Waals surface area contributed by atoms with Crippen LogP contribution in [0.15, 0.2) is 40.9 Å². The van der Waals surface area contributed by atoms with Crippen molar-refractivity contribution in [2.75, 3.05) is 5.88 Å². The van der Waals surface area contributed by atoms with E-state index in [0.717, 1.165) is 24.0 Å². The molecule has 0 spiro atoms. The van der Waals surface area contributed by atoms with Gasteiger partial charge in [0.25, 0.3) is 0 Å². The third-order valence-corrected chi connectivity index (χ3v) is 3.91. The average molecular weight is 322 g/mol. The molecule has 0 saturated carbocycles. The Morgan fingerprint density at radius 2 is 1.86 bits per heavy atom. The maximum Gasteiger partial charge on any atom is 0.171 e. The van der Waals surface area contributed by atoms with Crippen molar-refractivity contribution in [2.45, 2.75) is 12.8 Å². The maximum absolute atomic E-state index is 10.5. The van der Waals surface area contributed by atoms with E-state index >= 15 is 0 Å². The van der Waals surface area contributed by atoms with E-state index in [1.807, 2.05) is 24.3 Å². The molecule has 0 aliphatic heterocycles. The minimum atomic E-state index is 0.212. The van der Waals surface area contributed by atoms with E-state index < -0.39 is 0 Å². The highest BCUT2D eigenvalue weighted by Crippen LogP contribution is 2.37. The highest BCUT2D eigenvalue weighted by atomic mass is 35.5. The summed E-state index contributed by atoms with van der Waals surface area (Å²) in [6, 6.07) is 10.9. The molecule has 0 fully saturated rings. The van der Waals surface area contributed by atoms with E-state index in [9.17, 15) is 5.11 Å². The number of nitrogens with zero attached hydrogens (tertiary/aromatic N) is 1. The number of aromatic hydroxyl groups is 1. The Balaban J connectivity index is 2.13. The average Bonchev–Trinajstić information content (AvgIpc) is 2.92. The van der Waals surface area contributed by atoms with Crippen LogP contribution in [-0.4, -0.2) is 16.1 Å². The van der Waals surface area contributed by atoms with Gasteiger partial charge in [0, 0.05) is 16.5 Å².